The number of nitrogens with zero attached hydrogens (tertiary/aromatic N) is 5. The summed E-state index contributed by atoms with van der Waals surface area (Å²) in [6.07, 6.45) is 4.05. The van der Waals surface area contributed by atoms with Gasteiger partial charge >= 0.3 is 0 Å². The van der Waals surface area contributed by atoms with Gasteiger partial charge in [-0.25, -0.2) is 4.98 Å². The van der Waals surface area contributed by atoms with Gasteiger partial charge in [0, 0.05) is 35.1 Å². The maximum Gasteiger partial charge on any atom is 0.271 e. The highest BCUT2D eigenvalue weighted by atomic mass is 35.5. The molecule has 1 aliphatic carbocycles. The van der Waals surface area contributed by atoms with Crippen molar-refractivity contribution in [3.05, 3.63) is 58.3 Å². The van der Waals surface area contributed by atoms with Gasteiger partial charge in [-0.15, -0.1) is 11.3 Å². The van der Waals surface area contributed by atoms with Gasteiger partial charge in [-0.1, -0.05) is 28.9 Å². The number of carbonyl (C=O) groups excluding carboxylic acids is 1. The van der Waals surface area contributed by atoms with E-state index in [-0.39, 0.29) is 5.91 Å². The molecular weight excluding hydrogens is 398 g/mol. The number of amides is 1. The molecule has 5 rings (SSSR count). The Morgan fingerprint density at radius 3 is 3.04 bits per heavy atom. The van der Waals surface area contributed by atoms with Crippen LogP contribution in [0.5, 0.6) is 0 Å². The lowest BCUT2D eigenvalue weighted by Gasteiger charge is -2.14. The summed E-state index contributed by atoms with van der Waals surface area (Å²) in [4.78, 5) is 24.3. The van der Waals surface area contributed by atoms with E-state index in [0.717, 1.165) is 29.1 Å². The van der Waals surface area contributed by atoms with Gasteiger partial charge in [0.05, 0.1) is 12.2 Å². The van der Waals surface area contributed by atoms with Gasteiger partial charge in [0.25, 0.3) is 5.91 Å². The van der Waals surface area contributed by atoms with Crippen molar-refractivity contribution in [2.24, 2.45) is 0 Å². The summed E-state index contributed by atoms with van der Waals surface area (Å²) in [5.74, 6) is 1.47. The Bertz CT molecular complexity index is 1180. The van der Waals surface area contributed by atoms with E-state index in [1.807, 2.05) is 40.2 Å². The number of hydrogen-bond acceptors (Lipinski definition) is 6. The molecule has 7 nitrogen and oxygen atoms in total. The van der Waals surface area contributed by atoms with Crippen LogP contribution in [0.1, 0.15) is 41.0 Å². The molecule has 1 aliphatic rings. The highest BCUT2D eigenvalue weighted by molar-refractivity contribution is 7.15. The predicted octanol–water partition coefficient (Wildman–Crippen LogP) is 4.25. The lowest BCUT2D eigenvalue weighted by atomic mass is 10.2. The normalized spacial score (nSPS) is 13.9. The van der Waals surface area contributed by atoms with E-state index in [2.05, 4.69) is 15.1 Å². The molecule has 142 valence electrons. The number of aromatic nitrogens is 4. The summed E-state index contributed by atoms with van der Waals surface area (Å²) in [6.45, 7) is 0.294. The largest absolute Gasteiger partial charge is 0.339 e. The van der Waals surface area contributed by atoms with Crippen molar-refractivity contribution >= 4 is 33.8 Å². The van der Waals surface area contributed by atoms with E-state index in [9.17, 15) is 4.79 Å². The van der Waals surface area contributed by atoms with Crippen LogP contribution in [0, 0.1) is 0 Å². The highest BCUT2D eigenvalue weighted by Crippen LogP contribution is 2.38. The number of halogens is 1. The third kappa shape index (κ3) is 3.18. The fourth-order valence-electron chi connectivity index (χ4n) is 3.03. The van der Waals surface area contributed by atoms with Crippen LogP contribution in [0.3, 0.4) is 0 Å². The Morgan fingerprint density at radius 2 is 2.25 bits per heavy atom. The highest BCUT2D eigenvalue weighted by Gasteiger charge is 2.30. The molecule has 0 bridgehead atoms. The van der Waals surface area contributed by atoms with E-state index in [1.165, 1.54) is 11.3 Å². The summed E-state index contributed by atoms with van der Waals surface area (Å²) in [6, 6.07) is 7.50. The number of hydrogen-bond donors (Lipinski definition) is 0. The van der Waals surface area contributed by atoms with Crippen LogP contribution < -0.4 is 0 Å². The first-order chi connectivity index (χ1) is 13.6. The lowest BCUT2D eigenvalue weighted by molar-refractivity contribution is 0.0774. The first-order valence-corrected chi connectivity index (χ1v) is 10.1. The average molecular weight is 414 g/mol. The molecule has 28 heavy (non-hydrogen) atoms. The number of imidazole rings is 1. The van der Waals surface area contributed by atoms with Crippen LogP contribution in [0.4, 0.5) is 0 Å². The van der Waals surface area contributed by atoms with Crippen LogP contribution >= 0.6 is 22.9 Å². The van der Waals surface area contributed by atoms with Gasteiger partial charge in [-0.3, -0.25) is 9.20 Å². The third-order valence-electron chi connectivity index (χ3n) is 4.68. The van der Waals surface area contributed by atoms with E-state index >= 15 is 0 Å². The number of carbonyl (C=O) groups is 1. The molecule has 3 heterocycles. The minimum absolute atomic E-state index is 0.126. The number of fused-ring (bicyclic) bond motifs is 1. The maximum atomic E-state index is 13.0. The Morgan fingerprint density at radius 1 is 1.39 bits per heavy atom. The van der Waals surface area contributed by atoms with Crippen molar-refractivity contribution in [2.45, 2.75) is 25.3 Å². The monoisotopic (exact) mass is 413 g/mol. The fraction of sp³-hybridized carbons (Fsp3) is 0.263. The SMILES string of the molecule is CN(Cc1noc(C2CC2)n1)C(=O)c1csc2nc(-c3cccc(Cl)c3)cn12. The topological polar surface area (TPSA) is 76.5 Å². The van der Waals surface area contributed by atoms with E-state index < -0.39 is 0 Å². The summed E-state index contributed by atoms with van der Waals surface area (Å²) < 4.78 is 7.08. The molecule has 1 amide bonds. The van der Waals surface area contributed by atoms with Crippen LogP contribution in [0.25, 0.3) is 16.2 Å². The molecule has 0 N–H and O–H groups in total. The van der Waals surface area contributed by atoms with Gasteiger partial charge in [0.2, 0.25) is 5.89 Å². The quantitative estimate of drug-likeness (QED) is 0.489. The van der Waals surface area contributed by atoms with E-state index in [4.69, 9.17) is 16.1 Å². The maximum absolute atomic E-state index is 13.0. The zero-order valence-corrected chi connectivity index (χ0v) is 16.6. The van der Waals surface area contributed by atoms with Gasteiger partial charge < -0.3 is 9.42 Å². The van der Waals surface area contributed by atoms with Crippen molar-refractivity contribution in [2.75, 3.05) is 7.05 Å². The predicted molar refractivity (Wildman–Crippen MR) is 106 cm³/mol. The van der Waals surface area contributed by atoms with Gasteiger partial charge in [-0.05, 0) is 25.0 Å². The second-order valence-electron chi connectivity index (χ2n) is 6.89. The van der Waals surface area contributed by atoms with Gasteiger partial charge in [0.15, 0.2) is 10.8 Å². The molecule has 0 atom stereocenters. The molecule has 4 aromatic rings. The number of benzene rings is 1. The minimum Gasteiger partial charge on any atom is -0.339 e. The third-order valence-corrected chi connectivity index (χ3v) is 5.76. The lowest BCUT2D eigenvalue weighted by Crippen LogP contribution is -2.27. The Hall–Kier alpha value is -2.71. The molecule has 1 fully saturated rings. The first-order valence-electron chi connectivity index (χ1n) is 8.89. The van der Waals surface area contributed by atoms with Crippen LogP contribution in [-0.2, 0) is 6.54 Å². The molecular formula is C19H16ClN5O2S. The molecule has 1 aromatic carbocycles. The second kappa shape index (κ2) is 6.72. The molecule has 0 saturated heterocycles. The zero-order valence-electron chi connectivity index (χ0n) is 15.0. The zero-order chi connectivity index (χ0) is 19.3. The van der Waals surface area contributed by atoms with Crippen molar-refractivity contribution in [3.63, 3.8) is 0 Å². The van der Waals surface area contributed by atoms with E-state index in [0.29, 0.717) is 34.9 Å². The molecule has 0 aliphatic heterocycles. The Balaban J connectivity index is 1.39. The summed E-state index contributed by atoms with van der Waals surface area (Å²) in [7, 11) is 1.73. The summed E-state index contributed by atoms with van der Waals surface area (Å²) in [5, 5.41) is 6.45. The minimum atomic E-state index is -0.126. The number of rotatable bonds is 5. The average Bonchev–Trinajstić information content (AvgIpc) is 3.10. The Labute approximate surface area is 169 Å². The van der Waals surface area contributed by atoms with Crippen molar-refractivity contribution < 1.29 is 9.32 Å². The Kier molecular flexibility index (Phi) is 4.17. The smallest absolute Gasteiger partial charge is 0.271 e. The van der Waals surface area contributed by atoms with Gasteiger partial charge in [-0.2, -0.15) is 4.98 Å². The van der Waals surface area contributed by atoms with Crippen molar-refractivity contribution in [1.29, 1.82) is 0 Å². The first kappa shape index (κ1) is 17.4. The molecule has 3 aromatic heterocycles. The molecule has 0 unspecified atom stereocenters. The van der Waals surface area contributed by atoms with Crippen molar-refractivity contribution in [3.8, 4) is 11.3 Å². The summed E-state index contributed by atoms with van der Waals surface area (Å²) >= 11 is 7.50. The van der Waals surface area contributed by atoms with Crippen molar-refractivity contribution in [1.82, 2.24) is 24.4 Å². The summed E-state index contributed by atoms with van der Waals surface area (Å²) in [5.41, 5.74) is 2.24. The standard InChI is InChI=1S/C19H16ClN5O2S/c1-24(9-16-22-17(27-23-16)11-5-6-11)18(26)15-10-28-19-21-14(8-25(15)19)12-3-2-4-13(20)7-12/h2-4,7-8,10-11H,5-6,9H2,1H3. The molecule has 1 saturated carbocycles. The van der Waals surface area contributed by atoms with E-state index in [1.54, 1.807) is 11.9 Å². The second-order valence-corrected chi connectivity index (χ2v) is 8.17. The van der Waals surface area contributed by atoms with Crippen LogP contribution in [-0.4, -0.2) is 37.4 Å². The van der Waals surface area contributed by atoms with Gasteiger partial charge in [0.1, 0.15) is 5.69 Å². The number of thiazole rings is 1. The van der Waals surface area contributed by atoms with Crippen LogP contribution in [0.2, 0.25) is 5.02 Å². The molecule has 0 radical (unpaired) electrons. The molecule has 9 heteroatoms. The fourth-order valence-corrected chi connectivity index (χ4v) is 4.07. The molecule has 0 spiro atoms. The van der Waals surface area contributed by atoms with Crippen LogP contribution in [0.15, 0.2) is 40.4 Å².